The second-order valence-corrected chi connectivity index (χ2v) is 10.4. The van der Waals surface area contributed by atoms with Gasteiger partial charge in [-0.05, 0) is 75.4 Å². The van der Waals surface area contributed by atoms with Crippen molar-refractivity contribution in [2.45, 2.75) is 26.5 Å². The summed E-state index contributed by atoms with van der Waals surface area (Å²) in [5.74, 6) is -0.207. The molecular formula is C28H25BrCl2N4O4. The molecule has 0 spiro atoms. The van der Waals surface area contributed by atoms with Gasteiger partial charge in [0.1, 0.15) is 12.6 Å². The van der Waals surface area contributed by atoms with Crippen molar-refractivity contribution in [3.63, 3.8) is 0 Å². The van der Waals surface area contributed by atoms with Crippen LogP contribution in [0.5, 0.6) is 11.5 Å². The summed E-state index contributed by atoms with van der Waals surface area (Å²) in [5.41, 5.74) is 4.85. The smallest absolute Gasteiger partial charge is 0.262 e. The molecule has 1 atom stereocenters. The summed E-state index contributed by atoms with van der Waals surface area (Å²) in [4.78, 5) is 25.5. The molecule has 11 heteroatoms. The maximum absolute atomic E-state index is 12.8. The highest BCUT2D eigenvalue weighted by Crippen LogP contribution is 2.37. The van der Waals surface area contributed by atoms with Crippen molar-refractivity contribution in [2.75, 3.05) is 7.11 Å². The first-order chi connectivity index (χ1) is 18.6. The largest absolute Gasteiger partial charge is 0.493 e. The first-order valence-electron chi connectivity index (χ1n) is 11.7. The van der Waals surface area contributed by atoms with Crippen LogP contribution in [0.4, 0.5) is 0 Å². The van der Waals surface area contributed by atoms with E-state index in [1.807, 2.05) is 26.0 Å². The number of hydrogen-bond donors (Lipinski definition) is 2. The summed E-state index contributed by atoms with van der Waals surface area (Å²) < 4.78 is 12.0. The Hall–Kier alpha value is -3.58. The molecule has 0 saturated heterocycles. The minimum Gasteiger partial charge on any atom is -0.493 e. The molecule has 2 amide bonds. The molecule has 0 aliphatic heterocycles. The molecule has 0 saturated carbocycles. The Labute approximate surface area is 245 Å². The lowest BCUT2D eigenvalue weighted by Gasteiger charge is -2.20. The topological polar surface area (TPSA) is 113 Å². The molecule has 2 N–H and O–H groups in total. The Kier molecular flexibility index (Phi) is 10.8. The van der Waals surface area contributed by atoms with Crippen LogP contribution in [0.2, 0.25) is 10.0 Å². The zero-order valence-corrected chi connectivity index (χ0v) is 24.4. The van der Waals surface area contributed by atoms with Crippen LogP contribution in [-0.4, -0.2) is 31.2 Å². The number of rotatable bonds is 10. The number of nitrogens with one attached hydrogen (secondary N) is 2. The molecule has 0 aromatic heterocycles. The van der Waals surface area contributed by atoms with E-state index in [1.165, 1.54) is 31.5 Å². The lowest BCUT2D eigenvalue weighted by molar-refractivity contribution is -0.123. The van der Waals surface area contributed by atoms with E-state index in [0.29, 0.717) is 32.1 Å². The van der Waals surface area contributed by atoms with Crippen LogP contribution in [0.3, 0.4) is 0 Å². The predicted octanol–water partition coefficient (Wildman–Crippen LogP) is 6.12. The fraction of sp³-hybridized carbons (Fsp3) is 0.214. The zero-order chi connectivity index (χ0) is 28.5. The van der Waals surface area contributed by atoms with Gasteiger partial charge >= 0.3 is 0 Å². The first-order valence-corrected chi connectivity index (χ1v) is 13.3. The molecule has 0 heterocycles. The standard InChI is InChI=1S/C28H25BrCl2N4O4/c1-16(2)25(34-27(36)20-8-9-22(30)23(31)12-20)28(37)35-33-14-19-10-21(29)26(24(11-19)38-3)39-15-18-6-4-17(13-32)5-7-18/h4-12,14,16,25H,15H2,1-3H3,(H,34,36)(H,35,37). The van der Waals surface area contributed by atoms with Crippen LogP contribution in [0.15, 0.2) is 64.2 Å². The summed E-state index contributed by atoms with van der Waals surface area (Å²) in [6.45, 7) is 3.89. The number of carbonyl (C=O) groups is 2. The van der Waals surface area contributed by atoms with Crippen molar-refractivity contribution in [1.82, 2.24) is 10.7 Å². The number of carbonyl (C=O) groups excluding carboxylic acids is 2. The van der Waals surface area contributed by atoms with Gasteiger partial charge in [0, 0.05) is 5.56 Å². The first kappa shape index (κ1) is 30.0. The summed E-state index contributed by atoms with van der Waals surface area (Å²) in [5, 5.41) is 16.3. The van der Waals surface area contributed by atoms with E-state index >= 15 is 0 Å². The van der Waals surface area contributed by atoms with Crippen LogP contribution in [0.25, 0.3) is 0 Å². The number of nitrogens with zero attached hydrogens (tertiary/aromatic N) is 2. The van der Waals surface area contributed by atoms with E-state index < -0.39 is 17.9 Å². The van der Waals surface area contributed by atoms with Gasteiger partial charge in [0.25, 0.3) is 11.8 Å². The average molecular weight is 632 g/mol. The molecule has 39 heavy (non-hydrogen) atoms. The molecular weight excluding hydrogens is 607 g/mol. The van der Waals surface area contributed by atoms with Crippen LogP contribution in [0, 0.1) is 17.2 Å². The van der Waals surface area contributed by atoms with Gasteiger partial charge in [0.15, 0.2) is 11.5 Å². The fourth-order valence-electron chi connectivity index (χ4n) is 3.42. The molecule has 0 fully saturated rings. The SMILES string of the molecule is COc1cc(C=NNC(=O)C(NC(=O)c2ccc(Cl)c(Cl)c2)C(C)C)cc(Br)c1OCc1ccc(C#N)cc1. The van der Waals surface area contributed by atoms with E-state index in [1.54, 1.807) is 24.3 Å². The Balaban J connectivity index is 1.66. The van der Waals surface area contributed by atoms with Crippen LogP contribution in [-0.2, 0) is 11.4 Å². The molecule has 0 aliphatic rings. The van der Waals surface area contributed by atoms with Gasteiger partial charge < -0.3 is 14.8 Å². The van der Waals surface area contributed by atoms with Crippen LogP contribution < -0.4 is 20.2 Å². The van der Waals surface area contributed by atoms with Gasteiger partial charge in [-0.3, -0.25) is 9.59 Å². The highest BCUT2D eigenvalue weighted by atomic mass is 79.9. The monoisotopic (exact) mass is 630 g/mol. The normalized spacial score (nSPS) is 11.6. The maximum atomic E-state index is 12.8. The molecule has 0 aliphatic carbocycles. The third-order valence-corrected chi connectivity index (χ3v) is 6.85. The second kappa shape index (κ2) is 14.0. The summed E-state index contributed by atoms with van der Waals surface area (Å²) in [6.07, 6.45) is 1.45. The van der Waals surface area contributed by atoms with Gasteiger partial charge in [0.2, 0.25) is 0 Å². The number of hydrogen-bond acceptors (Lipinski definition) is 6. The molecule has 3 aromatic rings. The molecule has 0 radical (unpaired) electrons. The molecule has 202 valence electrons. The predicted molar refractivity (Wildman–Crippen MR) is 154 cm³/mol. The highest BCUT2D eigenvalue weighted by Gasteiger charge is 2.25. The third kappa shape index (κ3) is 8.20. The molecule has 8 nitrogen and oxygen atoms in total. The van der Waals surface area contributed by atoms with Crippen molar-refractivity contribution >= 4 is 57.2 Å². The quantitative estimate of drug-likeness (QED) is 0.207. The van der Waals surface area contributed by atoms with Gasteiger partial charge in [-0.15, -0.1) is 0 Å². The van der Waals surface area contributed by atoms with Crippen LogP contribution in [0.1, 0.15) is 40.9 Å². The summed E-state index contributed by atoms with van der Waals surface area (Å²) >= 11 is 15.4. The number of benzene rings is 3. The molecule has 3 rings (SSSR count). The van der Waals surface area contributed by atoms with Crippen molar-refractivity contribution in [3.8, 4) is 17.6 Å². The number of ether oxygens (including phenoxy) is 2. The second-order valence-electron chi connectivity index (χ2n) is 8.69. The number of nitriles is 1. The number of amides is 2. The number of halogens is 3. The summed E-state index contributed by atoms with van der Waals surface area (Å²) in [6, 6.07) is 16.3. The van der Waals surface area contributed by atoms with Crippen molar-refractivity contribution < 1.29 is 19.1 Å². The molecule has 3 aromatic carbocycles. The van der Waals surface area contributed by atoms with E-state index in [2.05, 4.69) is 37.8 Å². The van der Waals surface area contributed by atoms with Crippen molar-refractivity contribution in [3.05, 3.63) is 91.4 Å². The lowest BCUT2D eigenvalue weighted by atomic mass is 10.0. The lowest BCUT2D eigenvalue weighted by Crippen LogP contribution is -2.48. The highest BCUT2D eigenvalue weighted by molar-refractivity contribution is 9.10. The van der Waals surface area contributed by atoms with Crippen molar-refractivity contribution in [1.29, 1.82) is 5.26 Å². The van der Waals surface area contributed by atoms with Gasteiger partial charge in [-0.2, -0.15) is 10.4 Å². The summed E-state index contributed by atoms with van der Waals surface area (Å²) in [7, 11) is 1.52. The van der Waals surface area contributed by atoms with Crippen molar-refractivity contribution in [2.24, 2.45) is 11.0 Å². The maximum Gasteiger partial charge on any atom is 0.262 e. The minimum absolute atomic E-state index is 0.214. The number of methoxy groups -OCH3 is 1. The number of hydrazone groups is 1. The van der Waals surface area contributed by atoms with E-state index in [4.69, 9.17) is 37.9 Å². The molecule has 1 unspecified atom stereocenters. The van der Waals surface area contributed by atoms with Gasteiger partial charge in [-0.1, -0.05) is 49.2 Å². The van der Waals surface area contributed by atoms with Gasteiger partial charge in [0.05, 0.1) is 39.5 Å². The van der Waals surface area contributed by atoms with E-state index in [9.17, 15) is 9.59 Å². The Morgan fingerprint density at radius 3 is 2.44 bits per heavy atom. The van der Waals surface area contributed by atoms with E-state index in [-0.39, 0.29) is 23.1 Å². The zero-order valence-electron chi connectivity index (χ0n) is 21.3. The van der Waals surface area contributed by atoms with E-state index in [0.717, 1.165) is 5.56 Å². The average Bonchev–Trinajstić information content (AvgIpc) is 2.92. The Morgan fingerprint density at radius 1 is 1.10 bits per heavy atom. The Morgan fingerprint density at radius 2 is 1.82 bits per heavy atom. The fourth-order valence-corrected chi connectivity index (χ4v) is 4.29. The third-order valence-electron chi connectivity index (χ3n) is 5.52. The van der Waals surface area contributed by atoms with Gasteiger partial charge in [-0.25, -0.2) is 5.43 Å². The van der Waals surface area contributed by atoms with Crippen LogP contribution >= 0.6 is 39.1 Å². The molecule has 0 bridgehead atoms. The minimum atomic E-state index is -0.844. The Bertz CT molecular complexity index is 1420.